The first kappa shape index (κ1) is 11.5. The third-order valence-corrected chi connectivity index (χ3v) is 2.06. The van der Waals surface area contributed by atoms with Crippen molar-refractivity contribution in [3.05, 3.63) is 12.3 Å². The zero-order chi connectivity index (χ0) is 9.94. The molecule has 1 nitrogen and oxygen atoms in total. The van der Waals surface area contributed by atoms with Gasteiger partial charge in [-0.1, -0.05) is 34.3 Å². The van der Waals surface area contributed by atoms with Crippen LogP contribution in [0.2, 0.25) is 0 Å². The van der Waals surface area contributed by atoms with Crippen LogP contribution < -0.4 is 0 Å². The van der Waals surface area contributed by atoms with E-state index in [9.17, 15) is 0 Å². The first-order chi connectivity index (χ1) is 5.24. The molecule has 0 saturated carbocycles. The highest BCUT2D eigenvalue weighted by Gasteiger charge is 2.17. The van der Waals surface area contributed by atoms with Gasteiger partial charge in [0.2, 0.25) is 0 Å². The fraction of sp³-hybridized carbons (Fsp3) is 0.818. The molecule has 0 saturated heterocycles. The fourth-order valence-corrected chi connectivity index (χ4v) is 1.48. The number of allylic oxidation sites excluding steroid dienone is 1. The standard InChI is InChI=1S/C11H23N/c1-9(8-11(3,4)5)10(2)12(6)7/h9H,2,8H2,1,3-7H3. The maximum atomic E-state index is 4.06. The Morgan fingerprint density at radius 2 is 1.75 bits per heavy atom. The summed E-state index contributed by atoms with van der Waals surface area (Å²) in [7, 11) is 4.11. The highest BCUT2D eigenvalue weighted by Crippen LogP contribution is 2.28. The van der Waals surface area contributed by atoms with E-state index in [-0.39, 0.29) is 0 Å². The van der Waals surface area contributed by atoms with Gasteiger partial charge in [-0.25, -0.2) is 0 Å². The van der Waals surface area contributed by atoms with Gasteiger partial charge in [-0.05, 0) is 17.8 Å². The fourth-order valence-electron chi connectivity index (χ4n) is 1.48. The molecule has 0 aromatic carbocycles. The van der Waals surface area contributed by atoms with Gasteiger partial charge in [-0.15, -0.1) is 0 Å². The summed E-state index contributed by atoms with van der Waals surface area (Å²) in [6.07, 6.45) is 1.20. The Labute approximate surface area is 77.5 Å². The van der Waals surface area contributed by atoms with Crippen LogP contribution in [0.25, 0.3) is 0 Å². The average molecular weight is 169 g/mol. The van der Waals surface area contributed by atoms with E-state index in [4.69, 9.17) is 0 Å². The Hall–Kier alpha value is -0.460. The quantitative estimate of drug-likeness (QED) is 0.627. The van der Waals surface area contributed by atoms with E-state index in [0.717, 1.165) is 0 Å². The molecule has 0 heterocycles. The number of hydrogen-bond donors (Lipinski definition) is 0. The van der Waals surface area contributed by atoms with Crippen molar-refractivity contribution in [1.82, 2.24) is 4.90 Å². The lowest BCUT2D eigenvalue weighted by Gasteiger charge is -2.28. The smallest absolute Gasteiger partial charge is 0.00834 e. The molecule has 1 unspecified atom stereocenters. The number of hydrogen-bond acceptors (Lipinski definition) is 1. The van der Waals surface area contributed by atoms with Gasteiger partial charge in [0.15, 0.2) is 0 Å². The molecule has 0 amide bonds. The van der Waals surface area contributed by atoms with Crippen molar-refractivity contribution < 1.29 is 0 Å². The molecule has 0 rings (SSSR count). The van der Waals surface area contributed by atoms with Crippen LogP contribution in [-0.4, -0.2) is 19.0 Å². The van der Waals surface area contributed by atoms with Gasteiger partial charge in [0, 0.05) is 19.8 Å². The molecular formula is C11H23N. The van der Waals surface area contributed by atoms with Crippen molar-refractivity contribution in [2.24, 2.45) is 11.3 Å². The van der Waals surface area contributed by atoms with E-state index in [1.54, 1.807) is 0 Å². The summed E-state index contributed by atoms with van der Waals surface area (Å²) in [6, 6.07) is 0. The van der Waals surface area contributed by atoms with E-state index in [2.05, 4.69) is 53.3 Å². The second kappa shape index (κ2) is 3.97. The lowest BCUT2D eigenvalue weighted by atomic mass is 9.84. The Bertz CT molecular complexity index is 151. The van der Waals surface area contributed by atoms with Crippen LogP contribution in [0.15, 0.2) is 12.3 Å². The molecule has 72 valence electrons. The van der Waals surface area contributed by atoms with Crippen LogP contribution in [0.3, 0.4) is 0 Å². The monoisotopic (exact) mass is 169 g/mol. The maximum Gasteiger partial charge on any atom is 0.00834 e. The van der Waals surface area contributed by atoms with E-state index < -0.39 is 0 Å². The third kappa shape index (κ3) is 4.42. The molecule has 1 heteroatoms. The first-order valence-electron chi connectivity index (χ1n) is 4.60. The molecule has 0 aliphatic carbocycles. The lowest BCUT2D eigenvalue weighted by molar-refractivity contribution is 0.298. The van der Waals surface area contributed by atoms with E-state index in [0.29, 0.717) is 11.3 Å². The molecule has 1 atom stereocenters. The van der Waals surface area contributed by atoms with Gasteiger partial charge in [0.25, 0.3) is 0 Å². The van der Waals surface area contributed by atoms with Crippen molar-refractivity contribution >= 4 is 0 Å². The molecule has 0 bridgehead atoms. The van der Waals surface area contributed by atoms with Gasteiger partial charge < -0.3 is 4.90 Å². The topological polar surface area (TPSA) is 3.24 Å². The van der Waals surface area contributed by atoms with Crippen molar-refractivity contribution in [2.75, 3.05) is 14.1 Å². The molecule has 0 aliphatic heterocycles. The SMILES string of the molecule is C=C(C(C)CC(C)(C)C)N(C)C. The third-order valence-electron chi connectivity index (χ3n) is 2.06. The molecule has 0 N–H and O–H groups in total. The minimum atomic E-state index is 0.401. The summed E-state index contributed by atoms with van der Waals surface area (Å²) >= 11 is 0. The van der Waals surface area contributed by atoms with E-state index in [1.807, 2.05) is 0 Å². The Morgan fingerprint density at radius 3 is 2.00 bits per heavy atom. The second-order valence-electron chi connectivity index (χ2n) is 5.05. The summed E-state index contributed by atoms with van der Waals surface area (Å²) in [4.78, 5) is 2.11. The minimum absolute atomic E-state index is 0.401. The van der Waals surface area contributed by atoms with Gasteiger partial charge >= 0.3 is 0 Å². The largest absolute Gasteiger partial charge is 0.381 e. The molecule has 0 aromatic heterocycles. The zero-order valence-electron chi connectivity index (χ0n) is 9.44. The molecule has 0 aromatic rings. The van der Waals surface area contributed by atoms with Crippen LogP contribution >= 0.6 is 0 Å². The minimum Gasteiger partial charge on any atom is -0.381 e. The van der Waals surface area contributed by atoms with Gasteiger partial charge in [0.05, 0.1) is 0 Å². The van der Waals surface area contributed by atoms with E-state index >= 15 is 0 Å². The van der Waals surface area contributed by atoms with Crippen LogP contribution in [-0.2, 0) is 0 Å². The predicted molar refractivity (Wildman–Crippen MR) is 56.1 cm³/mol. The Balaban J connectivity index is 4.05. The molecule has 0 aliphatic rings. The van der Waals surface area contributed by atoms with Crippen LogP contribution in [0.5, 0.6) is 0 Å². The number of rotatable bonds is 3. The second-order valence-corrected chi connectivity index (χ2v) is 5.05. The predicted octanol–water partition coefficient (Wildman–Crippen LogP) is 3.13. The van der Waals surface area contributed by atoms with E-state index in [1.165, 1.54) is 12.1 Å². The Morgan fingerprint density at radius 1 is 1.33 bits per heavy atom. The van der Waals surface area contributed by atoms with Crippen LogP contribution in [0.1, 0.15) is 34.1 Å². The molecule has 0 fully saturated rings. The van der Waals surface area contributed by atoms with Crippen molar-refractivity contribution in [2.45, 2.75) is 34.1 Å². The Kier molecular flexibility index (Phi) is 3.82. The molecule has 12 heavy (non-hydrogen) atoms. The molecule has 0 spiro atoms. The highest BCUT2D eigenvalue weighted by atomic mass is 15.1. The normalized spacial score (nSPS) is 14.2. The average Bonchev–Trinajstić information content (AvgIpc) is 1.82. The molecular weight excluding hydrogens is 146 g/mol. The van der Waals surface area contributed by atoms with Gasteiger partial charge in [-0.2, -0.15) is 0 Å². The maximum absolute atomic E-state index is 4.06. The van der Waals surface area contributed by atoms with Crippen LogP contribution in [0.4, 0.5) is 0 Å². The van der Waals surface area contributed by atoms with Crippen molar-refractivity contribution in [3.63, 3.8) is 0 Å². The summed E-state index contributed by atoms with van der Waals surface area (Å²) in [5.41, 5.74) is 1.63. The zero-order valence-corrected chi connectivity index (χ0v) is 9.44. The summed E-state index contributed by atoms with van der Waals surface area (Å²) < 4.78 is 0. The molecule has 0 radical (unpaired) electrons. The van der Waals surface area contributed by atoms with Crippen LogP contribution in [0, 0.1) is 11.3 Å². The van der Waals surface area contributed by atoms with Crippen molar-refractivity contribution in [3.8, 4) is 0 Å². The first-order valence-corrected chi connectivity index (χ1v) is 4.60. The summed E-state index contributed by atoms with van der Waals surface area (Å²) in [6.45, 7) is 13.1. The van der Waals surface area contributed by atoms with Crippen molar-refractivity contribution in [1.29, 1.82) is 0 Å². The highest BCUT2D eigenvalue weighted by molar-refractivity contribution is 4.97. The van der Waals surface area contributed by atoms with Gasteiger partial charge in [0.1, 0.15) is 0 Å². The number of nitrogens with zero attached hydrogens (tertiary/aromatic N) is 1. The van der Waals surface area contributed by atoms with Gasteiger partial charge in [-0.3, -0.25) is 0 Å². The summed E-state index contributed by atoms with van der Waals surface area (Å²) in [5, 5.41) is 0. The summed E-state index contributed by atoms with van der Waals surface area (Å²) in [5.74, 6) is 0.583. The lowest BCUT2D eigenvalue weighted by Crippen LogP contribution is -2.20.